The number of fused-ring (bicyclic) bond motifs is 3. The summed E-state index contributed by atoms with van der Waals surface area (Å²) in [6.45, 7) is 9.84. The van der Waals surface area contributed by atoms with Crippen LogP contribution in [0.2, 0.25) is 0 Å². The number of anilines is 2. The molecule has 4 amide bonds. The maximum absolute atomic E-state index is 14.4. The van der Waals surface area contributed by atoms with Crippen LogP contribution < -0.4 is 16.0 Å². The van der Waals surface area contributed by atoms with E-state index in [1.807, 2.05) is 58.0 Å². The van der Waals surface area contributed by atoms with Gasteiger partial charge in [0.15, 0.2) is 0 Å². The fourth-order valence-electron chi connectivity index (χ4n) is 7.70. The second-order valence-electron chi connectivity index (χ2n) is 14.4. The molecule has 3 aliphatic heterocycles. The summed E-state index contributed by atoms with van der Waals surface area (Å²) >= 11 is 0. The van der Waals surface area contributed by atoms with E-state index < -0.39 is 22.5 Å². The van der Waals surface area contributed by atoms with Crippen LogP contribution in [-0.2, 0) is 37.4 Å². The van der Waals surface area contributed by atoms with Crippen LogP contribution in [0.1, 0.15) is 76.5 Å². The van der Waals surface area contributed by atoms with Crippen molar-refractivity contribution in [1.29, 1.82) is 0 Å². The molecule has 1 aromatic heterocycles. The molecule has 3 N–H and O–H groups in total. The molecule has 0 unspecified atom stereocenters. The molecule has 1 spiro atoms. The third kappa shape index (κ3) is 6.09. The predicted molar refractivity (Wildman–Crippen MR) is 174 cm³/mol. The fraction of sp³-hybridized carbons (Fsp3) is 0.571. The average molecular weight is 631 g/mol. The van der Waals surface area contributed by atoms with Gasteiger partial charge in [0, 0.05) is 30.5 Å². The number of benzene rings is 1. The first-order valence-electron chi connectivity index (χ1n) is 16.6. The number of rotatable bonds is 6. The maximum atomic E-state index is 14.4. The van der Waals surface area contributed by atoms with Gasteiger partial charge in [-0.1, -0.05) is 19.1 Å². The van der Waals surface area contributed by atoms with Gasteiger partial charge < -0.3 is 30.5 Å². The lowest BCUT2D eigenvalue weighted by Gasteiger charge is -2.45. The quantitative estimate of drug-likeness (QED) is 0.439. The summed E-state index contributed by atoms with van der Waals surface area (Å²) in [6.07, 6.45) is 5.91. The summed E-state index contributed by atoms with van der Waals surface area (Å²) < 4.78 is 5.65. The Morgan fingerprint density at radius 1 is 1.13 bits per heavy atom. The Bertz CT molecular complexity index is 1530. The lowest BCUT2D eigenvalue weighted by molar-refractivity contribution is -0.150. The van der Waals surface area contributed by atoms with Gasteiger partial charge >= 0.3 is 6.09 Å². The fourth-order valence-corrected chi connectivity index (χ4v) is 7.70. The van der Waals surface area contributed by atoms with Crippen molar-refractivity contribution in [3.8, 4) is 0 Å². The molecule has 2 aromatic rings. The number of pyridine rings is 1. The van der Waals surface area contributed by atoms with Crippen molar-refractivity contribution in [2.24, 2.45) is 5.41 Å². The number of hydrogen-bond donors (Lipinski definition) is 3. The molecular formula is C35H46N6O5. The van der Waals surface area contributed by atoms with Crippen LogP contribution in [0.15, 0.2) is 36.5 Å². The van der Waals surface area contributed by atoms with Crippen molar-refractivity contribution in [3.05, 3.63) is 53.2 Å². The molecular weight excluding hydrogens is 584 g/mol. The molecule has 2 saturated heterocycles. The minimum atomic E-state index is -0.692. The number of aromatic nitrogens is 1. The summed E-state index contributed by atoms with van der Waals surface area (Å²) in [5.41, 5.74) is 1.75. The van der Waals surface area contributed by atoms with Crippen LogP contribution in [0.3, 0.4) is 0 Å². The molecule has 1 aromatic carbocycles. The molecule has 0 saturated carbocycles. The average Bonchev–Trinajstić information content (AvgIpc) is 3.55. The first kappa shape index (κ1) is 32.0. The van der Waals surface area contributed by atoms with Gasteiger partial charge in [-0.15, -0.1) is 0 Å². The molecule has 11 heteroatoms. The Morgan fingerprint density at radius 2 is 1.89 bits per heavy atom. The third-order valence-electron chi connectivity index (χ3n) is 10.2. The van der Waals surface area contributed by atoms with E-state index in [1.165, 1.54) is 0 Å². The third-order valence-corrected chi connectivity index (χ3v) is 10.2. The first-order valence-corrected chi connectivity index (χ1v) is 16.6. The number of nitrogens with one attached hydrogen (secondary N) is 3. The minimum absolute atomic E-state index is 0.0156. The van der Waals surface area contributed by atoms with E-state index in [-0.39, 0.29) is 30.3 Å². The highest BCUT2D eigenvalue weighted by atomic mass is 16.6. The van der Waals surface area contributed by atoms with Crippen molar-refractivity contribution in [3.63, 3.8) is 0 Å². The Morgan fingerprint density at radius 3 is 2.63 bits per heavy atom. The number of hydrogen-bond acceptors (Lipinski definition) is 7. The van der Waals surface area contributed by atoms with E-state index in [0.717, 1.165) is 36.2 Å². The van der Waals surface area contributed by atoms with E-state index in [2.05, 4.69) is 20.9 Å². The smallest absolute Gasteiger partial charge is 0.410 e. The number of amides is 4. The lowest BCUT2D eigenvalue weighted by atomic mass is 9.75. The van der Waals surface area contributed by atoms with E-state index >= 15 is 0 Å². The summed E-state index contributed by atoms with van der Waals surface area (Å²) in [6, 6.07) is 9.30. The predicted octanol–water partition coefficient (Wildman–Crippen LogP) is 4.02. The zero-order chi connectivity index (χ0) is 32.7. The van der Waals surface area contributed by atoms with Crippen molar-refractivity contribution >= 4 is 35.3 Å². The summed E-state index contributed by atoms with van der Waals surface area (Å²) in [4.78, 5) is 62.0. The van der Waals surface area contributed by atoms with Gasteiger partial charge in [0.2, 0.25) is 17.7 Å². The number of likely N-dealkylation sites (tertiary alicyclic amines) is 1. The van der Waals surface area contributed by atoms with Gasteiger partial charge in [-0.2, -0.15) is 0 Å². The van der Waals surface area contributed by atoms with E-state index in [1.54, 1.807) is 16.0 Å². The topological polar surface area (TPSA) is 133 Å². The molecule has 246 valence electrons. The van der Waals surface area contributed by atoms with Crippen LogP contribution >= 0.6 is 0 Å². The summed E-state index contributed by atoms with van der Waals surface area (Å²) in [5.74, 6) is 0.264. The van der Waals surface area contributed by atoms with Crippen LogP contribution in [0.5, 0.6) is 0 Å². The van der Waals surface area contributed by atoms with Gasteiger partial charge in [0.1, 0.15) is 18.0 Å². The number of ether oxygens (including phenoxy) is 1. The molecule has 2 fully saturated rings. The molecule has 2 atom stereocenters. The van der Waals surface area contributed by atoms with Gasteiger partial charge in [0.05, 0.1) is 16.9 Å². The highest BCUT2D eigenvalue weighted by Gasteiger charge is 2.51. The van der Waals surface area contributed by atoms with Gasteiger partial charge in [-0.3, -0.25) is 14.4 Å². The number of carbonyl (C=O) groups excluding carboxylic acids is 4. The molecule has 6 rings (SSSR count). The van der Waals surface area contributed by atoms with Crippen molar-refractivity contribution in [1.82, 2.24) is 20.1 Å². The normalized spacial score (nSPS) is 23.3. The zero-order valence-corrected chi connectivity index (χ0v) is 27.4. The second-order valence-corrected chi connectivity index (χ2v) is 14.4. The zero-order valence-electron chi connectivity index (χ0n) is 27.4. The SMILES string of the molecule is CCC1(C(=O)N(CC(=O)Nc2ccc3c(c2)C[C@@]2(C3)C(=O)Nc3ncccc32)[C@H]2CCCN(C(=O)OC(C)(C)C)C2)CCNCC1. The van der Waals surface area contributed by atoms with Crippen LogP contribution in [0.25, 0.3) is 0 Å². The molecule has 46 heavy (non-hydrogen) atoms. The number of carbonyl (C=O) groups is 4. The van der Waals surface area contributed by atoms with Crippen LogP contribution in [0.4, 0.5) is 16.3 Å². The van der Waals surface area contributed by atoms with E-state index in [0.29, 0.717) is 63.1 Å². The molecule has 4 aliphatic rings. The Hall–Kier alpha value is -3.99. The molecule has 1 aliphatic carbocycles. The molecule has 0 bridgehead atoms. The minimum Gasteiger partial charge on any atom is -0.444 e. The second kappa shape index (κ2) is 12.3. The standard InChI is InChI=1S/C35H46N6O5/c1-5-34(12-15-36-16-13-34)31(44)41(26-8-7-17-40(21-26)32(45)46-33(2,3)4)22-28(42)38-25-11-10-23-19-35(20-24(23)18-25)27-9-6-14-37-29(27)39-30(35)43/h6,9-11,14,18,26,36H,5,7-8,12-13,15-17,19-22H2,1-4H3,(H,38,42)(H,37,39,43)/t26-,35+/m0/s1. The van der Waals surface area contributed by atoms with E-state index in [4.69, 9.17) is 4.74 Å². The summed E-state index contributed by atoms with van der Waals surface area (Å²) in [5, 5.41) is 9.34. The maximum Gasteiger partial charge on any atom is 0.410 e. The largest absolute Gasteiger partial charge is 0.444 e. The Labute approximate surface area is 270 Å². The Balaban J connectivity index is 1.20. The Kier molecular flexibility index (Phi) is 8.56. The van der Waals surface area contributed by atoms with Crippen LogP contribution in [0, 0.1) is 5.41 Å². The number of piperidine rings is 2. The van der Waals surface area contributed by atoms with Crippen molar-refractivity contribution in [2.45, 2.75) is 89.7 Å². The first-order chi connectivity index (χ1) is 21.9. The molecule has 11 nitrogen and oxygen atoms in total. The van der Waals surface area contributed by atoms with Gasteiger partial charge in [-0.25, -0.2) is 9.78 Å². The van der Waals surface area contributed by atoms with Crippen molar-refractivity contribution in [2.75, 3.05) is 43.4 Å². The molecule has 0 radical (unpaired) electrons. The van der Waals surface area contributed by atoms with E-state index in [9.17, 15) is 19.2 Å². The summed E-state index contributed by atoms with van der Waals surface area (Å²) in [7, 11) is 0. The highest BCUT2D eigenvalue weighted by molar-refractivity contribution is 6.06. The lowest BCUT2D eigenvalue weighted by Crippen LogP contribution is -2.58. The highest BCUT2D eigenvalue weighted by Crippen LogP contribution is 2.47. The number of nitrogens with zero attached hydrogens (tertiary/aromatic N) is 3. The monoisotopic (exact) mass is 630 g/mol. The van der Waals surface area contributed by atoms with Gasteiger partial charge in [-0.05, 0) is 108 Å². The van der Waals surface area contributed by atoms with Crippen LogP contribution in [-0.4, -0.2) is 83.0 Å². The van der Waals surface area contributed by atoms with Crippen molar-refractivity contribution < 1.29 is 23.9 Å². The molecule has 4 heterocycles. The van der Waals surface area contributed by atoms with Gasteiger partial charge in [0.25, 0.3) is 0 Å².